The van der Waals surface area contributed by atoms with Crippen molar-refractivity contribution in [3.63, 3.8) is 0 Å². The Kier molecular flexibility index (Phi) is 4.10. The van der Waals surface area contributed by atoms with Crippen molar-refractivity contribution in [2.45, 2.75) is 32.3 Å². The van der Waals surface area contributed by atoms with Gasteiger partial charge in [0.2, 0.25) is 0 Å². The second kappa shape index (κ2) is 6.40. The third kappa shape index (κ3) is 3.08. The van der Waals surface area contributed by atoms with Crippen molar-refractivity contribution in [3.8, 4) is 5.69 Å². The molecule has 2 fully saturated rings. The fourth-order valence-corrected chi connectivity index (χ4v) is 3.22. The van der Waals surface area contributed by atoms with Crippen molar-refractivity contribution >= 4 is 5.91 Å². The molecule has 4 rings (SSSR count). The highest BCUT2D eigenvalue weighted by atomic mass is 16.5. The number of likely N-dealkylation sites (tertiary alicyclic amines) is 1. The molecule has 5 heteroatoms. The summed E-state index contributed by atoms with van der Waals surface area (Å²) in [6, 6.07) is 9.90. The number of rotatable bonds is 5. The number of carbonyl (C=O) groups excluding carboxylic acids is 1. The average molecular weight is 325 g/mol. The summed E-state index contributed by atoms with van der Waals surface area (Å²) in [5.74, 6) is 0.827. The minimum atomic E-state index is 0.0622. The second-order valence-electron chi connectivity index (χ2n) is 6.83. The van der Waals surface area contributed by atoms with E-state index in [0.29, 0.717) is 12.1 Å². The van der Waals surface area contributed by atoms with E-state index >= 15 is 0 Å². The number of benzene rings is 1. The number of hydrogen-bond acceptors (Lipinski definition) is 3. The monoisotopic (exact) mass is 325 g/mol. The number of aromatic nitrogens is 2. The van der Waals surface area contributed by atoms with E-state index in [9.17, 15) is 4.79 Å². The zero-order valence-corrected chi connectivity index (χ0v) is 14.0. The van der Waals surface area contributed by atoms with Crippen molar-refractivity contribution in [3.05, 3.63) is 47.8 Å². The normalized spacial score (nSPS) is 20.5. The molecule has 1 atom stereocenters. The van der Waals surface area contributed by atoms with Gasteiger partial charge in [-0.1, -0.05) is 18.2 Å². The van der Waals surface area contributed by atoms with Gasteiger partial charge in [-0.15, -0.1) is 0 Å². The molecule has 1 amide bonds. The summed E-state index contributed by atoms with van der Waals surface area (Å²) in [6.07, 6.45) is 5.41. The van der Waals surface area contributed by atoms with Gasteiger partial charge in [-0.25, -0.2) is 4.68 Å². The fourth-order valence-electron chi connectivity index (χ4n) is 3.22. The molecule has 24 heavy (non-hydrogen) atoms. The lowest BCUT2D eigenvalue weighted by Gasteiger charge is -2.16. The summed E-state index contributed by atoms with van der Waals surface area (Å²) >= 11 is 0. The molecule has 1 saturated heterocycles. The topological polar surface area (TPSA) is 47.4 Å². The van der Waals surface area contributed by atoms with E-state index in [0.717, 1.165) is 36.9 Å². The molecule has 126 valence electrons. The quantitative estimate of drug-likeness (QED) is 0.849. The summed E-state index contributed by atoms with van der Waals surface area (Å²) in [6.45, 7) is 4.27. The van der Waals surface area contributed by atoms with Gasteiger partial charge in [-0.05, 0) is 44.2 Å². The highest BCUT2D eigenvalue weighted by Gasteiger charge is 2.31. The van der Waals surface area contributed by atoms with E-state index in [2.05, 4.69) is 5.10 Å². The van der Waals surface area contributed by atoms with Crippen molar-refractivity contribution in [2.24, 2.45) is 5.92 Å². The van der Waals surface area contributed by atoms with Crippen molar-refractivity contribution in [1.82, 2.24) is 14.7 Å². The predicted molar refractivity (Wildman–Crippen MR) is 91.3 cm³/mol. The number of nitrogens with zero attached hydrogens (tertiary/aromatic N) is 3. The average Bonchev–Trinajstić information content (AvgIpc) is 3.18. The van der Waals surface area contributed by atoms with Crippen LogP contribution in [-0.4, -0.2) is 46.4 Å². The molecule has 1 aromatic heterocycles. The molecule has 1 aliphatic carbocycles. The molecular formula is C19H23N3O2. The van der Waals surface area contributed by atoms with Crippen molar-refractivity contribution in [1.29, 1.82) is 0 Å². The smallest absolute Gasteiger partial charge is 0.257 e. The Hall–Kier alpha value is -2.14. The van der Waals surface area contributed by atoms with Gasteiger partial charge in [0, 0.05) is 19.7 Å². The van der Waals surface area contributed by atoms with Crippen LogP contribution in [0.1, 0.15) is 35.3 Å². The first-order valence-corrected chi connectivity index (χ1v) is 8.73. The molecule has 0 bridgehead atoms. The summed E-state index contributed by atoms with van der Waals surface area (Å²) in [5, 5.41) is 4.40. The molecule has 1 aromatic carbocycles. The summed E-state index contributed by atoms with van der Waals surface area (Å²) < 4.78 is 7.76. The lowest BCUT2D eigenvalue weighted by Crippen LogP contribution is -2.30. The molecule has 2 aliphatic rings. The number of hydrogen-bond donors (Lipinski definition) is 0. The van der Waals surface area contributed by atoms with Gasteiger partial charge in [0.25, 0.3) is 5.91 Å². The molecular weight excluding hydrogens is 302 g/mol. The summed E-state index contributed by atoms with van der Waals surface area (Å²) in [5.41, 5.74) is 2.54. The van der Waals surface area contributed by atoms with E-state index in [-0.39, 0.29) is 12.0 Å². The van der Waals surface area contributed by atoms with Crippen LogP contribution < -0.4 is 0 Å². The van der Waals surface area contributed by atoms with Crippen LogP contribution in [0.5, 0.6) is 0 Å². The van der Waals surface area contributed by atoms with Gasteiger partial charge in [-0.3, -0.25) is 4.79 Å². The Labute approximate surface area is 142 Å². The van der Waals surface area contributed by atoms with E-state index in [1.807, 2.05) is 46.8 Å². The highest BCUT2D eigenvalue weighted by molar-refractivity contribution is 5.95. The number of ether oxygens (including phenoxy) is 1. The molecule has 2 heterocycles. The van der Waals surface area contributed by atoms with Crippen LogP contribution in [0, 0.1) is 12.8 Å². The van der Waals surface area contributed by atoms with E-state index in [4.69, 9.17) is 4.74 Å². The lowest BCUT2D eigenvalue weighted by molar-refractivity contribution is 0.0480. The van der Waals surface area contributed by atoms with Gasteiger partial charge in [0.05, 0.1) is 29.2 Å². The summed E-state index contributed by atoms with van der Waals surface area (Å²) in [4.78, 5) is 14.7. The SMILES string of the molecule is Cc1c(C(=O)N2CCC(OCC3CC3)C2)cnn1-c1ccccc1. The second-order valence-corrected chi connectivity index (χ2v) is 6.83. The fraction of sp³-hybridized carbons (Fsp3) is 0.474. The maximum absolute atomic E-state index is 12.8. The third-order valence-corrected chi connectivity index (χ3v) is 4.94. The van der Waals surface area contributed by atoms with Gasteiger partial charge >= 0.3 is 0 Å². The van der Waals surface area contributed by atoms with E-state index in [1.54, 1.807) is 6.20 Å². The van der Waals surface area contributed by atoms with Crippen LogP contribution in [0.4, 0.5) is 0 Å². The van der Waals surface area contributed by atoms with Crippen LogP contribution >= 0.6 is 0 Å². The Morgan fingerprint density at radius 3 is 2.79 bits per heavy atom. The van der Waals surface area contributed by atoms with Crippen LogP contribution in [0.15, 0.2) is 36.5 Å². The zero-order valence-electron chi connectivity index (χ0n) is 14.0. The minimum Gasteiger partial charge on any atom is -0.376 e. The predicted octanol–water partition coefficient (Wildman–Crippen LogP) is 2.82. The van der Waals surface area contributed by atoms with Crippen LogP contribution in [0.2, 0.25) is 0 Å². The van der Waals surface area contributed by atoms with Gasteiger partial charge < -0.3 is 9.64 Å². The van der Waals surface area contributed by atoms with Gasteiger partial charge in [0.1, 0.15) is 0 Å². The molecule has 2 aromatic rings. The molecule has 0 N–H and O–H groups in total. The first-order valence-electron chi connectivity index (χ1n) is 8.73. The first kappa shape index (κ1) is 15.4. The standard InChI is InChI=1S/C19H23N3O2/c1-14-18(11-20-22(14)16-5-3-2-4-6-16)19(23)21-10-9-17(12-21)24-13-15-7-8-15/h2-6,11,15,17H,7-10,12-13H2,1H3. The molecule has 1 aliphatic heterocycles. The summed E-state index contributed by atoms with van der Waals surface area (Å²) in [7, 11) is 0. The van der Waals surface area contributed by atoms with Crippen LogP contribution in [0.25, 0.3) is 5.69 Å². The van der Waals surface area contributed by atoms with Crippen molar-refractivity contribution in [2.75, 3.05) is 19.7 Å². The lowest BCUT2D eigenvalue weighted by atomic mass is 10.2. The number of carbonyl (C=O) groups is 1. The highest BCUT2D eigenvalue weighted by Crippen LogP contribution is 2.30. The number of para-hydroxylation sites is 1. The number of amides is 1. The zero-order chi connectivity index (χ0) is 16.5. The molecule has 5 nitrogen and oxygen atoms in total. The Balaban J connectivity index is 1.44. The molecule has 0 radical (unpaired) electrons. The Morgan fingerprint density at radius 2 is 2.04 bits per heavy atom. The van der Waals surface area contributed by atoms with Gasteiger partial charge in [0.15, 0.2) is 0 Å². The third-order valence-electron chi connectivity index (χ3n) is 4.94. The van der Waals surface area contributed by atoms with Crippen LogP contribution in [0.3, 0.4) is 0 Å². The molecule has 1 saturated carbocycles. The van der Waals surface area contributed by atoms with Gasteiger partial charge in [-0.2, -0.15) is 5.10 Å². The Morgan fingerprint density at radius 1 is 1.25 bits per heavy atom. The first-order chi connectivity index (χ1) is 11.7. The maximum atomic E-state index is 12.8. The van der Waals surface area contributed by atoms with Crippen molar-refractivity contribution < 1.29 is 9.53 Å². The molecule has 1 unspecified atom stereocenters. The Bertz CT molecular complexity index is 721. The van der Waals surface area contributed by atoms with Crippen LogP contribution in [-0.2, 0) is 4.74 Å². The van der Waals surface area contributed by atoms with E-state index in [1.165, 1.54) is 12.8 Å². The maximum Gasteiger partial charge on any atom is 0.257 e. The van der Waals surface area contributed by atoms with E-state index < -0.39 is 0 Å². The minimum absolute atomic E-state index is 0.0622. The molecule has 0 spiro atoms. The largest absolute Gasteiger partial charge is 0.376 e.